The highest BCUT2D eigenvalue weighted by molar-refractivity contribution is 14.1. The normalized spacial score (nSPS) is 17.1. The molecule has 6 heteroatoms. The number of hydrogen-bond donors (Lipinski definition) is 1. The Morgan fingerprint density at radius 1 is 1.18 bits per heavy atom. The highest BCUT2D eigenvalue weighted by atomic mass is 127. The average Bonchev–Trinajstić information content (AvgIpc) is 2.39. The van der Waals surface area contributed by atoms with E-state index in [1.807, 2.05) is 33.0 Å². The van der Waals surface area contributed by atoms with Crippen molar-refractivity contribution in [2.45, 2.75) is 0 Å². The number of carbonyl (C=O) groups excluding carboxylic acids is 1. The van der Waals surface area contributed by atoms with Gasteiger partial charge in [-0.05, 0) is 24.3 Å². The van der Waals surface area contributed by atoms with E-state index in [2.05, 4.69) is 0 Å². The van der Waals surface area contributed by atoms with E-state index in [9.17, 15) is 4.79 Å². The lowest BCUT2D eigenvalue weighted by Gasteiger charge is -2.32. The van der Waals surface area contributed by atoms with Gasteiger partial charge in [0.05, 0.1) is 0 Å². The van der Waals surface area contributed by atoms with E-state index in [-0.39, 0.29) is 5.91 Å². The number of carbonyl (C=O) groups is 1. The first kappa shape index (κ1) is 12.6. The lowest BCUT2D eigenvalue weighted by molar-refractivity contribution is -0.0439. The molecule has 92 valence electrons. The summed E-state index contributed by atoms with van der Waals surface area (Å²) in [6.07, 6.45) is 0. The monoisotopic (exact) mass is 347 g/mol. The third-order valence-electron chi connectivity index (χ3n) is 2.78. The quantitative estimate of drug-likeness (QED) is 0.647. The third kappa shape index (κ3) is 3.08. The van der Waals surface area contributed by atoms with Crippen molar-refractivity contribution < 1.29 is 7.96 Å². The van der Waals surface area contributed by atoms with Gasteiger partial charge in [-0.15, -0.1) is 0 Å². The number of nitrogens with two attached hydrogens (primary N) is 1. The molecule has 1 aromatic carbocycles. The number of benzene rings is 1. The van der Waals surface area contributed by atoms with Gasteiger partial charge in [0.15, 0.2) is 0 Å². The summed E-state index contributed by atoms with van der Waals surface area (Å²) in [5.41, 5.74) is 6.95. The van der Waals surface area contributed by atoms with E-state index in [0.717, 1.165) is 13.1 Å². The first-order chi connectivity index (χ1) is 8.20. The second-order valence-electron chi connectivity index (χ2n) is 3.91. The van der Waals surface area contributed by atoms with Crippen LogP contribution in [0.15, 0.2) is 24.3 Å². The van der Waals surface area contributed by atoms with Gasteiger partial charge in [-0.2, -0.15) is 5.06 Å². The predicted molar refractivity (Wildman–Crippen MR) is 73.4 cm³/mol. The fourth-order valence-electron chi connectivity index (χ4n) is 1.77. The van der Waals surface area contributed by atoms with Crippen molar-refractivity contribution in [2.24, 2.45) is 0 Å². The van der Waals surface area contributed by atoms with Crippen molar-refractivity contribution in [3.63, 3.8) is 0 Å². The van der Waals surface area contributed by atoms with Gasteiger partial charge in [0.25, 0.3) is 5.91 Å². The molecule has 1 aliphatic heterocycles. The topological polar surface area (TPSA) is 58.8 Å². The van der Waals surface area contributed by atoms with Gasteiger partial charge in [0, 0.05) is 37.4 Å². The molecule has 0 spiro atoms. The van der Waals surface area contributed by atoms with E-state index in [1.165, 1.54) is 0 Å². The minimum Gasteiger partial charge on any atom is -0.399 e. The van der Waals surface area contributed by atoms with Gasteiger partial charge in [0.1, 0.15) is 23.0 Å². The van der Waals surface area contributed by atoms with Crippen molar-refractivity contribution in [1.29, 1.82) is 0 Å². The number of rotatable bonds is 2. The molecular weight excluding hydrogens is 333 g/mol. The summed E-state index contributed by atoms with van der Waals surface area (Å²) in [4.78, 5) is 14.0. The Kier molecular flexibility index (Phi) is 4.19. The highest BCUT2D eigenvalue weighted by Crippen LogP contribution is 2.11. The van der Waals surface area contributed by atoms with Gasteiger partial charge in [-0.25, -0.2) is 3.17 Å². The number of piperazine rings is 1. The second-order valence-corrected chi connectivity index (χ2v) is 4.31. The molecule has 1 heterocycles. The fourth-order valence-corrected chi connectivity index (χ4v) is 2.16. The molecule has 17 heavy (non-hydrogen) atoms. The summed E-state index contributed by atoms with van der Waals surface area (Å²) in [5.74, 6) is 0.0538. The number of anilines is 1. The summed E-state index contributed by atoms with van der Waals surface area (Å²) >= 11 is 1.85. The van der Waals surface area contributed by atoms with Crippen LogP contribution in [-0.4, -0.2) is 42.0 Å². The van der Waals surface area contributed by atoms with E-state index < -0.39 is 0 Å². The van der Waals surface area contributed by atoms with Crippen LogP contribution in [-0.2, 0) is 3.17 Å². The zero-order valence-corrected chi connectivity index (χ0v) is 11.5. The Hall–Kier alpha value is -0.860. The van der Waals surface area contributed by atoms with E-state index in [1.54, 1.807) is 24.3 Å². The molecule has 0 aromatic heterocycles. The number of nitrogens with zero attached hydrogens (tertiary/aromatic N) is 2. The summed E-state index contributed by atoms with van der Waals surface area (Å²) in [5, 5.41) is 1.84. The first-order valence-electron chi connectivity index (χ1n) is 5.39. The molecular formula is C11H14IN3O2. The molecule has 0 unspecified atom stereocenters. The molecule has 0 saturated carbocycles. The molecule has 2 rings (SSSR count). The Morgan fingerprint density at radius 3 is 2.29 bits per heavy atom. The van der Waals surface area contributed by atoms with Crippen LogP contribution in [0.3, 0.4) is 0 Å². The third-order valence-corrected chi connectivity index (χ3v) is 3.34. The lowest BCUT2D eigenvalue weighted by Crippen LogP contribution is -2.47. The van der Waals surface area contributed by atoms with Crippen LogP contribution < -0.4 is 5.73 Å². The summed E-state index contributed by atoms with van der Waals surface area (Å²) in [6, 6.07) is 7.02. The largest absolute Gasteiger partial charge is 0.399 e. The van der Waals surface area contributed by atoms with E-state index >= 15 is 0 Å². The van der Waals surface area contributed by atoms with Crippen molar-refractivity contribution in [2.75, 3.05) is 31.9 Å². The first-order valence-corrected chi connectivity index (χ1v) is 6.27. The zero-order chi connectivity index (χ0) is 12.3. The molecule has 0 radical (unpaired) electrons. The van der Waals surface area contributed by atoms with E-state index in [4.69, 9.17) is 8.90 Å². The van der Waals surface area contributed by atoms with Gasteiger partial charge >= 0.3 is 0 Å². The Morgan fingerprint density at radius 2 is 1.76 bits per heavy atom. The highest BCUT2D eigenvalue weighted by Gasteiger charge is 2.22. The lowest BCUT2D eigenvalue weighted by atomic mass is 10.1. The summed E-state index contributed by atoms with van der Waals surface area (Å²) < 4.78 is 5.09. The maximum absolute atomic E-state index is 12.1. The van der Waals surface area contributed by atoms with Crippen LogP contribution >= 0.6 is 23.0 Å². The maximum Gasteiger partial charge on any atom is 0.253 e. The summed E-state index contributed by atoms with van der Waals surface area (Å²) in [6.45, 7) is 2.85. The Bertz CT molecular complexity index is 388. The minimum absolute atomic E-state index is 0.0538. The Balaban J connectivity index is 1.99. The van der Waals surface area contributed by atoms with Crippen molar-refractivity contribution >= 4 is 34.6 Å². The molecule has 1 aromatic rings. The van der Waals surface area contributed by atoms with Crippen LogP contribution in [0, 0.1) is 0 Å². The molecule has 0 aliphatic carbocycles. The van der Waals surface area contributed by atoms with E-state index in [0.29, 0.717) is 24.3 Å². The SMILES string of the molecule is Nc1ccc(C(=O)N2CCN(OI)CC2)cc1. The number of amides is 1. The van der Waals surface area contributed by atoms with Crippen LogP contribution in [0.1, 0.15) is 10.4 Å². The standard InChI is InChI=1S/C11H14IN3O2/c12-17-15-7-5-14(6-8-15)11(16)9-1-3-10(13)4-2-9/h1-4H,5-8,13H2. The van der Waals surface area contributed by atoms with Gasteiger partial charge in [-0.1, -0.05) is 0 Å². The average molecular weight is 347 g/mol. The van der Waals surface area contributed by atoms with Crippen molar-refractivity contribution in [3.05, 3.63) is 29.8 Å². The molecule has 1 fully saturated rings. The molecule has 5 nitrogen and oxygen atoms in total. The molecule has 1 amide bonds. The molecule has 0 bridgehead atoms. The molecule has 2 N–H and O–H groups in total. The van der Waals surface area contributed by atoms with Crippen LogP contribution in [0.4, 0.5) is 5.69 Å². The molecule has 1 aliphatic rings. The van der Waals surface area contributed by atoms with Gasteiger partial charge in [-0.3, -0.25) is 4.79 Å². The number of halogens is 1. The van der Waals surface area contributed by atoms with Gasteiger partial charge < -0.3 is 10.6 Å². The zero-order valence-electron chi connectivity index (χ0n) is 9.30. The number of hydroxylamine groups is 2. The second kappa shape index (κ2) is 5.65. The van der Waals surface area contributed by atoms with Crippen LogP contribution in [0.25, 0.3) is 0 Å². The van der Waals surface area contributed by atoms with Gasteiger partial charge in [0.2, 0.25) is 0 Å². The predicted octanol–water partition coefficient (Wildman–Crippen LogP) is 1.31. The number of nitrogen functional groups attached to an aromatic ring is 1. The molecule has 0 atom stereocenters. The minimum atomic E-state index is 0.0538. The van der Waals surface area contributed by atoms with Crippen LogP contribution in [0.2, 0.25) is 0 Å². The van der Waals surface area contributed by atoms with Crippen molar-refractivity contribution in [1.82, 2.24) is 9.96 Å². The Labute approximate surface area is 114 Å². The fraction of sp³-hybridized carbons (Fsp3) is 0.364. The van der Waals surface area contributed by atoms with Crippen LogP contribution in [0.5, 0.6) is 0 Å². The number of hydrogen-bond acceptors (Lipinski definition) is 4. The smallest absolute Gasteiger partial charge is 0.253 e. The van der Waals surface area contributed by atoms with Crippen molar-refractivity contribution in [3.8, 4) is 0 Å². The maximum atomic E-state index is 12.1. The molecule has 1 saturated heterocycles. The summed E-state index contributed by atoms with van der Waals surface area (Å²) in [7, 11) is 0.